The van der Waals surface area contributed by atoms with Crippen molar-refractivity contribution in [3.05, 3.63) is 35.0 Å². The Morgan fingerprint density at radius 1 is 1.56 bits per heavy atom. The molecule has 0 radical (unpaired) electrons. The number of carbonyl (C=O) groups is 1. The van der Waals surface area contributed by atoms with Crippen LogP contribution in [0.3, 0.4) is 0 Å². The van der Waals surface area contributed by atoms with Gasteiger partial charge >= 0.3 is 5.97 Å². The van der Waals surface area contributed by atoms with Gasteiger partial charge in [-0.25, -0.2) is 19.4 Å². The van der Waals surface area contributed by atoms with Crippen LogP contribution >= 0.6 is 15.9 Å². The highest BCUT2D eigenvalue weighted by atomic mass is 79.9. The van der Waals surface area contributed by atoms with E-state index in [1.807, 2.05) is 0 Å². The van der Waals surface area contributed by atoms with Crippen LogP contribution in [0, 0.1) is 0 Å². The number of esters is 1. The highest BCUT2D eigenvalue weighted by Gasteiger charge is 2.15. The number of methoxy groups -OCH3 is 1. The van der Waals surface area contributed by atoms with E-state index in [2.05, 4.69) is 35.7 Å². The number of aromatic nitrogens is 4. The van der Waals surface area contributed by atoms with E-state index in [0.717, 1.165) is 0 Å². The van der Waals surface area contributed by atoms with E-state index in [4.69, 9.17) is 0 Å². The quantitative estimate of drug-likeness (QED) is 0.775. The van der Waals surface area contributed by atoms with E-state index in [1.165, 1.54) is 24.4 Å². The number of carbonyl (C=O) groups excluding carboxylic acids is 1. The van der Waals surface area contributed by atoms with E-state index in [0.29, 0.717) is 15.9 Å². The summed E-state index contributed by atoms with van der Waals surface area (Å²) < 4.78 is 6.76. The Morgan fingerprint density at radius 3 is 3.00 bits per heavy atom. The molecule has 0 aliphatic rings. The van der Waals surface area contributed by atoms with Crippen molar-refractivity contribution in [2.45, 2.75) is 0 Å². The van der Waals surface area contributed by atoms with Crippen LogP contribution in [0.15, 0.2) is 29.4 Å². The zero-order valence-corrected chi connectivity index (χ0v) is 9.88. The van der Waals surface area contributed by atoms with Gasteiger partial charge in [0.05, 0.1) is 7.11 Å². The van der Waals surface area contributed by atoms with Gasteiger partial charge in [0.1, 0.15) is 18.2 Å². The van der Waals surface area contributed by atoms with Gasteiger partial charge in [-0.3, -0.25) is 0 Å². The molecule has 0 unspecified atom stereocenters. The molecule has 0 aromatic carbocycles. The maximum atomic E-state index is 11.5. The molecule has 2 aromatic heterocycles. The summed E-state index contributed by atoms with van der Waals surface area (Å²) in [5, 5.41) is 3.91. The van der Waals surface area contributed by atoms with Gasteiger partial charge in [0.15, 0.2) is 5.82 Å². The van der Waals surface area contributed by atoms with E-state index >= 15 is 0 Å². The van der Waals surface area contributed by atoms with E-state index in [1.54, 1.807) is 12.3 Å². The molecule has 0 amide bonds. The van der Waals surface area contributed by atoms with Crippen LogP contribution in [-0.4, -0.2) is 32.8 Å². The first-order valence-electron chi connectivity index (χ1n) is 4.31. The SMILES string of the molecule is COC(=O)c1cc(Br)cnc1-n1cncn1. The zero-order chi connectivity index (χ0) is 11.5. The van der Waals surface area contributed by atoms with Gasteiger partial charge in [-0.2, -0.15) is 5.10 Å². The van der Waals surface area contributed by atoms with Gasteiger partial charge in [-0.15, -0.1) is 0 Å². The lowest BCUT2D eigenvalue weighted by atomic mass is 10.2. The van der Waals surface area contributed by atoms with Crippen molar-refractivity contribution < 1.29 is 9.53 Å². The van der Waals surface area contributed by atoms with Crippen molar-refractivity contribution in [1.29, 1.82) is 0 Å². The van der Waals surface area contributed by atoms with Gasteiger partial charge in [0, 0.05) is 10.7 Å². The Bertz CT molecular complexity index is 512. The van der Waals surface area contributed by atoms with Crippen molar-refractivity contribution in [2.24, 2.45) is 0 Å². The highest BCUT2D eigenvalue weighted by Crippen LogP contribution is 2.17. The Morgan fingerprint density at radius 2 is 2.38 bits per heavy atom. The van der Waals surface area contributed by atoms with Crippen molar-refractivity contribution in [3.63, 3.8) is 0 Å². The van der Waals surface area contributed by atoms with Gasteiger partial charge in [-0.05, 0) is 22.0 Å². The van der Waals surface area contributed by atoms with E-state index in [9.17, 15) is 4.79 Å². The predicted molar refractivity (Wildman–Crippen MR) is 58.2 cm³/mol. The molecule has 7 heteroatoms. The van der Waals surface area contributed by atoms with E-state index in [-0.39, 0.29) is 0 Å². The first-order valence-corrected chi connectivity index (χ1v) is 5.10. The van der Waals surface area contributed by atoms with Crippen molar-refractivity contribution in [2.75, 3.05) is 7.11 Å². The van der Waals surface area contributed by atoms with E-state index < -0.39 is 5.97 Å². The molecular weight excluding hydrogens is 276 g/mol. The third-order valence-corrected chi connectivity index (χ3v) is 2.31. The number of nitrogens with zero attached hydrogens (tertiary/aromatic N) is 4. The standard InChI is InChI=1S/C9H7BrN4O2/c1-16-9(15)7-2-6(10)3-12-8(7)14-5-11-4-13-14/h2-5H,1H3. The fraction of sp³-hybridized carbons (Fsp3) is 0.111. The summed E-state index contributed by atoms with van der Waals surface area (Å²) >= 11 is 3.24. The second-order valence-corrected chi connectivity index (χ2v) is 3.77. The lowest BCUT2D eigenvalue weighted by Gasteiger charge is -2.06. The van der Waals surface area contributed by atoms with Crippen LogP contribution in [0.25, 0.3) is 5.82 Å². The Balaban J connectivity index is 2.57. The lowest BCUT2D eigenvalue weighted by molar-refractivity contribution is 0.0600. The van der Waals surface area contributed by atoms with Crippen LogP contribution in [0.5, 0.6) is 0 Å². The molecule has 0 fully saturated rings. The maximum Gasteiger partial charge on any atom is 0.341 e. The number of halogens is 1. The molecule has 0 saturated carbocycles. The smallest absolute Gasteiger partial charge is 0.341 e. The number of rotatable bonds is 2. The van der Waals surface area contributed by atoms with Crippen LogP contribution in [0.4, 0.5) is 0 Å². The van der Waals surface area contributed by atoms with Crippen LogP contribution in [0.2, 0.25) is 0 Å². The molecule has 6 nitrogen and oxygen atoms in total. The normalized spacial score (nSPS) is 10.1. The van der Waals surface area contributed by atoms with Crippen molar-refractivity contribution in [3.8, 4) is 5.82 Å². The monoisotopic (exact) mass is 282 g/mol. The molecule has 2 rings (SSSR count). The Hall–Kier alpha value is -1.76. The second kappa shape index (κ2) is 4.40. The van der Waals surface area contributed by atoms with Crippen LogP contribution in [-0.2, 0) is 4.74 Å². The summed E-state index contributed by atoms with van der Waals surface area (Å²) in [5.74, 6) is -0.0909. The van der Waals surface area contributed by atoms with Gasteiger partial charge < -0.3 is 4.74 Å². The van der Waals surface area contributed by atoms with Gasteiger partial charge in [0.2, 0.25) is 0 Å². The van der Waals surface area contributed by atoms with Gasteiger partial charge in [-0.1, -0.05) is 0 Å². The lowest BCUT2D eigenvalue weighted by Crippen LogP contribution is -2.10. The molecule has 0 N–H and O–H groups in total. The van der Waals surface area contributed by atoms with Crippen LogP contribution < -0.4 is 0 Å². The minimum Gasteiger partial charge on any atom is -0.465 e. The molecule has 16 heavy (non-hydrogen) atoms. The molecule has 82 valence electrons. The largest absolute Gasteiger partial charge is 0.465 e. The molecule has 0 spiro atoms. The Labute approximate surface area is 99.4 Å². The fourth-order valence-corrected chi connectivity index (χ4v) is 1.52. The summed E-state index contributed by atoms with van der Waals surface area (Å²) in [6.07, 6.45) is 4.40. The second-order valence-electron chi connectivity index (χ2n) is 2.86. The summed E-state index contributed by atoms with van der Waals surface area (Å²) in [6.45, 7) is 0. The first kappa shape index (κ1) is 10.7. The first-order chi connectivity index (χ1) is 7.72. The average Bonchev–Trinajstić information content (AvgIpc) is 2.81. The average molecular weight is 283 g/mol. The topological polar surface area (TPSA) is 69.9 Å². The molecule has 0 saturated heterocycles. The molecule has 0 bridgehead atoms. The number of ether oxygens (including phenoxy) is 1. The van der Waals surface area contributed by atoms with Gasteiger partial charge in [0.25, 0.3) is 0 Å². The molecule has 2 aromatic rings. The number of pyridine rings is 1. The molecular formula is C9H7BrN4O2. The van der Waals surface area contributed by atoms with Crippen molar-refractivity contribution >= 4 is 21.9 Å². The minimum absolute atomic E-state index is 0.322. The van der Waals surface area contributed by atoms with Crippen LogP contribution in [0.1, 0.15) is 10.4 Å². The number of hydrogen-bond donors (Lipinski definition) is 0. The maximum absolute atomic E-state index is 11.5. The highest BCUT2D eigenvalue weighted by molar-refractivity contribution is 9.10. The molecule has 0 atom stereocenters. The zero-order valence-electron chi connectivity index (χ0n) is 8.29. The third kappa shape index (κ3) is 1.94. The molecule has 0 aliphatic heterocycles. The molecule has 0 aliphatic carbocycles. The third-order valence-electron chi connectivity index (χ3n) is 1.87. The summed E-state index contributed by atoms with van der Waals surface area (Å²) in [4.78, 5) is 19.4. The predicted octanol–water partition coefficient (Wildman–Crippen LogP) is 1.21. The summed E-state index contributed by atoms with van der Waals surface area (Å²) in [7, 11) is 1.31. The fourth-order valence-electron chi connectivity index (χ4n) is 1.19. The Kier molecular flexibility index (Phi) is 2.95. The number of hydrogen-bond acceptors (Lipinski definition) is 5. The summed E-state index contributed by atoms with van der Waals surface area (Å²) in [5.41, 5.74) is 0.322. The van der Waals surface area contributed by atoms with Crippen molar-refractivity contribution in [1.82, 2.24) is 19.7 Å². The molecule has 2 heterocycles. The minimum atomic E-state index is -0.473. The summed E-state index contributed by atoms with van der Waals surface area (Å²) in [6, 6.07) is 1.62.